The van der Waals surface area contributed by atoms with Gasteiger partial charge in [0.05, 0.1) is 12.3 Å². The van der Waals surface area contributed by atoms with Crippen LogP contribution in [0.4, 0.5) is 5.69 Å². The summed E-state index contributed by atoms with van der Waals surface area (Å²) in [6, 6.07) is 13.7. The monoisotopic (exact) mass is 379 g/mol. The molecule has 142 valence electrons. The average Bonchev–Trinajstić information content (AvgIpc) is 3.37. The second-order valence-electron chi connectivity index (χ2n) is 5.94. The molecule has 0 aliphatic carbocycles. The molecule has 4 rings (SSSR count). The molecule has 0 radical (unpaired) electrons. The normalized spacial score (nSPS) is 11.9. The van der Waals surface area contributed by atoms with Gasteiger partial charge in [-0.25, -0.2) is 9.48 Å². The summed E-state index contributed by atoms with van der Waals surface area (Å²) in [6.07, 6.45) is 1.66. The average molecular weight is 379 g/mol. The van der Waals surface area contributed by atoms with Gasteiger partial charge in [-0.15, -0.1) is 0 Å². The van der Waals surface area contributed by atoms with Crippen LogP contribution in [0, 0.1) is 0 Å². The van der Waals surface area contributed by atoms with Crippen molar-refractivity contribution in [1.29, 1.82) is 0 Å². The molecule has 1 amide bonds. The van der Waals surface area contributed by atoms with E-state index in [9.17, 15) is 9.59 Å². The lowest BCUT2D eigenvalue weighted by molar-refractivity contribution is 0.0519. The Morgan fingerprint density at radius 3 is 2.86 bits per heavy atom. The van der Waals surface area contributed by atoms with Crippen LogP contribution in [0.25, 0.3) is 5.69 Å². The Labute approximate surface area is 160 Å². The summed E-state index contributed by atoms with van der Waals surface area (Å²) in [5.74, 6) is 0.413. The van der Waals surface area contributed by atoms with Gasteiger partial charge in [0.15, 0.2) is 17.2 Å². The van der Waals surface area contributed by atoms with Crippen LogP contribution >= 0.6 is 0 Å². The highest BCUT2D eigenvalue weighted by molar-refractivity contribution is 6.04. The van der Waals surface area contributed by atoms with Gasteiger partial charge in [0, 0.05) is 17.4 Å². The van der Waals surface area contributed by atoms with Crippen molar-refractivity contribution in [2.24, 2.45) is 0 Å². The van der Waals surface area contributed by atoms with E-state index in [1.165, 1.54) is 0 Å². The van der Waals surface area contributed by atoms with Gasteiger partial charge in [0.2, 0.25) is 6.79 Å². The van der Waals surface area contributed by atoms with Gasteiger partial charge in [-0.3, -0.25) is 4.79 Å². The number of carbonyl (C=O) groups is 2. The molecule has 2 aromatic carbocycles. The van der Waals surface area contributed by atoms with Crippen LogP contribution in [0.3, 0.4) is 0 Å². The molecule has 0 saturated heterocycles. The molecule has 0 bridgehead atoms. The molecule has 0 spiro atoms. The molecule has 8 nitrogen and oxygen atoms in total. The van der Waals surface area contributed by atoms with Crippen molar-refractivity contribution >= 4 is 17.6 Å². The van der Waals surface area contributed by atoms with Crippen LogP contribution in [0.2, 0.25) is 0 Å². The maximum Gasteiger partial charge on any atom is 0.358 e. The number of carbonyl (C=O) groups excluding carboxylic acids is 2. The standard InChI is InChI=1S/C20H17N3O5/c1-2-26-20(25)16-8-9-23(22-16)15-5-3-4-14(11-15)21-19(24)13-6-7-17-18(10-13)28-12-27-17/h3-11H,2,12H2,1H3,(H,21,24). The van der Waals surface area contributed by atoms with Gasteiger partial charge < -0.3 is 19.5 Å². The van der Waals surface area contributed by atoms with Crippen molar-refractivity contribution in [1.82, 2.24) is 9.78 Å². The lowest BCUT2D eigenvalue weighted by atomic mass is 10.2. The smallest absolute Gasteiger partial charge is 0.358 e. The van der Waals surface area contributed by atoms with Crippen LogP contribution in [0.5, 0.6) is 11.5 Å². The summed E-state index contributed by atoms with van der Waals surface area (Å²) in [5.41, 5.74) is 1.96. The SMILES string of the molecule is CCOC(=O)c1ccn(-c2cccc(NC(=O)c3ccc4c(c3)OCO4)c2)n1. The Bertz CT molecular complexity index is 1040. The summed E-state index contributed by atoms with van der Waals surface area (Å²) in [7, 11) is 0. The molecule has 1 aliphatic heterocycles. The van der Waals surface area contributed by atoms with Gasteiger partial charge in [-0.1, -0.05) is 6.07 Å². The van der Waals surface area contributed by atoms with Crippen LogP contribution < -0.4 is 14.8 Å². The highest BCUT2D eigenvalue weighted by Gasteiger charge is 2.16. The molecule has 0 fully saturated rings. The molecule has 0 atom stereocenters. The molecular weight excluding hydrogens is 362 g/mol. The van der Waals surface area contributed by atoms with E-state index in [4.69, 9.17) is 14.2 Å². The number of nitrogens with zero attached hydrogens (tertiary/aromatic N) is 2. The fraction of sp³-hybridized carbons (Fsp3) is 0.150. The van der Waals surface area contributed by atoms with E-state index in [0.717, 1.165) is 0 Å². The zero-order valence-corrected chi connectivity index (χ0v) is 15.0. The van der Waals surface area contributed by atoms with Crippen LogP contribution in [-0.2, 0) is 4.74 Å². The fourth-order valence-corrected chi connectivity index (χ4v) is 2.75. The molecule has 2 heterocycles. The molecule has 1 aliphatic rings. The van der Waals surface area contributed by atoms with E-state index in [0.29, 0.717) is 28.4 Å². The topological polar surface area (TPSA) is 91.7 Å². The Kier molecular flexibility index (Phi) is 4.67. The Balaban J connectivity index is 1.51. The predicted molar refractivity (Wildman–Crippen MR) is 100 cm³/mol. The number of rotatable bonds is 5. The highest BCUT2D eigenvalue weighted by Crippen LogP contribution is 2.32. The number of anilines is 1. The number of ether oxygens (including phenoxy) is 3. The third-order valence-corrected chi connectivity index (χ3v) is 4.08. The van der Waals surface area contributed by atoms with E-state index in [1.54, 1.807) is 60.3 Å². The van der Waals surface area contributed by atoms with Crippen molar-refractivity contribution in [2.75, 3.05) is 18.7 Å². The number of benzene rings is 2. The summed E-state index contributed by atoms with van der Waals surface area (Å²) in [4.78, 5) is 24.3. The Morgan fingerprint density at radius 1 is 1.14 bits per heavy atom. The molecule has 1 N–H and O–H groups in total. The number of hydrogen-bond acceptors (Lipinski definition) is 6. The number of fused-ring (bicyclic) bond motifs is 1. The first-order chi connectivity index (χ1) is 13.6. The zero-order chi connectivity index (χ0) is 19.5. The molecule has 8 heteroatoms. The Morgan fingerprint density at radius 2 is 2.00 bits per heavy atom. The van der Waals surface area contributed by atoms with E-state index < -0.39 is 5.97 Å². The van der Waals surface area contributed by atoms with Crippen molar-refractivity contribution < 1.29 is 23.8 Å². The second kappa shape index (κ2) is 7.43. The third-order valence-electron chi connectivity index (χ3n) is 4.08. The van der Waals surface area contributed by atoms with Gasteiger partial charge >= 0.3 is 5.97 Å². The second-order valence-corrected chi connectivity index (χ2v) is 5.94. The maximum atomic E-state index is 12.5. The minimum Gasteiger partial charge on any atom is -0.461 e. The minimum absolute atomic E-state index is 0.153. The number of aromatic nitrogens is 2. The predicted octanol–water partition coefficient (Wildman–Crippen LogP) is 3.03. The minimum atomic E-state index is -0.478. The zero-order valence-electron chi connectivity index (χ0n) is 15.0. The summed E-state index contributed by atoms with van der Waals surface area (Å²) in [6.45, 7) is 2.17. The third kappa shape index (κ3) is 3.52. The van der Waals surface area contributed by atoms with Crippen LogP contribution in [0.15, 0.2) is 54.7 Å². The van der Waals surface area contributed by atoms with Crippen molar-refractivity contribution in [2.45, 2.75) is 6.92 Å². The largest absolute Gasteiger partial charge is 0.461 e. The Hall–Kier alpha value is -3.81. The fourth-order valence-electron chi connectivity index (χ4n) is 2.75. The molecule has 3 aromatic rings. The van der Waals surface area contributed by atoms with Gasteiger partial charge in [0.25, 0.3) is 5.91 Å². The summed E-state index contributed by atoms with van der Waals surface area (Å²) < 4.78 is 17.0. The summed E-state index contributed by atoms with van der Waals surface area (Å²) >= 11 is 0. The van der Waals surface area contributed by atoms with Crippen molar-refractivity contribution in [3.05, 3.63) is 66.0 Å². The summed E-state index contributed by atoms with van der Waals surface area (Å²) in [5, 5.41) is 7.06. The first-order valence-corrected chi connectivity index (χ1v) is 8.68. The molecule has 28 heavy (non-hydrogen) atoms. The van der Waals surface area contributed by atoms with Gasteiger partial charge in [-0.05, 0) is 49.4 Å². The lowest BCUT2D eigenvalue weighted by Crippen LogP contribution is -2.12. The number of nitrogens with one attached hydrogen (secondary N) is 1. The first kappa shape index (κ1) is 17.6. The van der Waals surface area contributed by atoms with Crippen molar-refractivity contribution in [3.8, 4) is 17.2 Å². The molecule has 1 aromatic heterocycles. The molecule has 0 saturated carbocycles. The number of amides is 1. The lowest BCUT2D eigenvalue weighted by Gasteiger charge is -2.08. The first-order valence-electron chi connectivity index (χ1n) is 8.68. The number of esters is 1. The van der Waals surface area contributed by atoms with Crippen molar-refractivity contribution in [3.63, 3.8) is 0 Å². The molecule has 0 unspecified atom stereocenters. The van der Waals surface area contributed by atoms with E-state index >= 15 is 0 Å². The van der Waals surface area contributed by atoms with Gasteiger partial charge in [-0.2, -0.15) is 5.10 Å². The highest BCUT2D eigenvalue weighted by atomic mass is 16.7. The van der Waals surface area contributed by atoms with Crippen LogP contribution in [-0.4, -0.2) is 35.1 Å². The van der Waals surface area contributed by atoms with E-state index in [-0.39, 0.29) is 25.0 Å². The van der Waals surface area contributed by atoms with Crippen LogP contribution in [0.1, 0.15) is 27.8 Å². The maximum absolute atomic E-state index is 12.5. The van der Waals surface area contributed by atoms with Gasteiger partial charge in [0.1, 0.15) is 0 Å². The number of hydrogen-bond donors (Lipinski definition) is 1. The molecular formula is C20H17N3O5. The quantitative estimate of drug-likeness (QED) is 0.685. The van der Waals surface area contributed by atoms with E-state index in [1.807, 2.05) is 6.07 Å². The van der Waals surface area contributed by atoms with E-state index in [2.05, 4.69) is 10.4 Å².